The molecule has 3 N–H and O–H groups in total. The van der Waals surface area contributed by atoms with Crippen molar-refractivity contribution < 1.29 is 14.3 Å². The zero-order valence-electron chi connectivity index (χ0n) is 19.4. The molecule has 9 nitrogen and oxygen atoms in total. The predicted molar refractivity (Wildman–Crippen MR) is 135 cm³/mol. The van der Waals surface area contributed by atoms with Gasteiger partial charge in [0, 0.05) is 36.9 Å². The zero-order chi connectivity index (χ0) is 24.4. The van der Waals surface area contributed by atoms with E-state index >= 15 is 0 Å². The Kier molecular flexibility index (Phi) is 7.33. The number of nitrogens with one attached hydrogen (secondary N) is 1. The average molecular weight is 517 g/mol. The summed E-state index contributed by atoms with van der Waals surface area (Å²) in [5, 5.41) is 5.23. The highest BCUT2D eigenvalue weighted by molar-refractivity contribution is 7.05. The van der Waals surface area contributed by atoms with Gasteiger partial charge < -0.3 is 20.4 Å². The molecule has 2 saturated heterocycles. The summed E-state index contributed by atoms with van der Waals surface area (Å²) in [5.41, 5.74) is 7.14. The summed E-state index contributed by atoms with van der Waals surface area (Å²) in [6.07, 6.45) is 5.87. The van der Waals surface area contributed by atoms with Crippen LogP contribution in [0.25, 0.3) is 22.3 Å². The molecule has 5 rings (SSSR count). The highest BCUT2D eigenvalue weighted by atomic mass is 35.5. The minimum absolute atomic E-state index is 0.146. The Hall–Kier alpha value is -2.53. The molecule has 3 aromatic rings. The SMILES string of the molecule is NC(=O)CNC(=O)[C@@H]1CCCN1Cc1nc(-c2cn(CC3CCOCC3)c3c(Cl)cccc23)ns1. The molecule has 0 aliphatic carbocycles. The minimum atomic E-state index is -0.548. The fourth-order valence-electron chi connectivity index (χ4n) is 5.05. The van der Waals surface area contributed by atoms with E-state index in [9.17, 15) is 9.59 Å². The lowest BCUT2D eigenvalue weighted by atomic mass is 10.0. The molecule has 1 atom stereocenters. The third-order valence-corrected chi connectivity index (χ3v) is 7.80. The fourth-order valence-corrected chi connectivity index (χ4v) is 6.02. The predicted octanol–water partition coefficient (Wildman–Crippen LogP) is 2.81. The van der Waals surface area contributed by atoms with E-state index in [1.165, 1.54) is 11.5 Å². The summed E-state index contributed by atoms with van der Waals surface area (Å²) in [6, 6.07) is 5.66. The number of para-hydroxylation sites is 1. The average Bonchev–Trinajstić information content (AvgIpc) is 3.58. The van der Waals surface area contributed by atoms with Crippen molar-refractivity contribution in [1.29, 1.82) is 0 Å². The standard InChI is InChI=1S/C24H29ClN6O3S/c25-18-4-1-3-16-17(13-31(22(16)18)12-15-6-9-34-10-7-15)23-28-21(35-29-23)14-30-8-2-5-19(30)24(33)27-11-20(26)32/h1,3-4,13,15,19H,2,5-12,14H2,(H2,26,32)(H,27,33)/t19-/m0/s1. The molecule has 11 heteroatoms. The largest absolute Gasteiger partial charge is 0.381 e. The van der Waals surface area contributed by atoms with Crippen LogP contribution in [0, 0.1) is 5.92 Å². The van der Waals surface area contributed by atoms with E-state index in [4.69, 9.17) is 27.1 Å². The van der Waals surface area contributed by atoms with Gasteiger partial charge in [0.25, 0.3) is 0 Å². The number of fused-ring (bicyclic) bond motifs is 1. The molecule has 186 valence electrons. The molecule has 0 radical (unpaired) electrons. The van der Waals surface area contributed by atoms with Crippen LogP contribution in [-0.4, -0.2) is 63.0 Å². The summed E-state index contributed by atoms with van der Waals surface area (Å²) < 4.78 is 12.4. The van der Waals surface area contributed by atoms with Crippen molar-refractivity contribution in [3.05, 3.63) is 34.4 Å². The van der Waals surface area contributed by atoms with Gasteiger partial charge in [-0.15, -0.1) is 0 Å². The van der Waals surface area contributed by atoms with Gasteiger partial charge in [-0.3, -0.25) is 14.5 Å². The summed E-state index contributed by atoms with van der Waals surface area (Å²) in [7, 11) is 0. The Morgan fingerprint density at radius 1 is 1.26 bits per heavy atom. The molecule has 2 aliphatic rings. The summed E-state index contributed by atoms with van der Waals surface area (Å²) in [4.78, 5) is 30.4. The number of aromatic nitrogens is 3. The minimum Gasteiger partial charge on any atom is -0.381 e. The number of rotatable bonds is 8. The van der Waals surface area contributed by atoms with Crippen molar-refractivity contribution >= 4 is 45.9 Å². The van der Waals surface area contributed by atoms with Crippen molar-refractivity contribution in [1.82, 2.24) is 24.1 Å². The van der Waals surface area contributed by atoms with Gasteiger partial charge >= 0.3 is 0 Å². The maximum absolute atomic E-state index is 12.5. The van der Waals surface area contributed by atoms with Crippen LogP contribution in [0.15, 0.2) is 24.4 Å². The first kappa shape index (κ1) is 24.2. The van der Waals surface area contributed by atoms with Gasteiger partial charge in [0.2, 0.25) is 11.8 Å². The topological polar surface area (TPSA) is 115 Å². The molecule has 2 aliphatic heterocycles. The Labute approximate surface area is 212 Å². The number of primary amides is 1. The van der Waals surface area contributed by atoms with Gasteiger partial charge in [-0.1, -0.05) is 23.7 Å². The Morgan fingerprint density at radius 3 is 2.89 bits per heavy atom. The van der Waals surface area contributed by atoms with Crippen LogP contribution in [0.3, 0.4) is 0 Å². The third-order valence-electron chi connectivity index (χ3n) is 6.80. The molecule has 1 aromatic carbocycles. The van der Waals surface area contributed by atoms with Crippen LogP contribution in [0.4, 0.5) is 0 Å². The summed E-state index contributed by atoms with van der Waals surface area (Å²) in [5.74, 6) is 0.511. The van der Waals surface area contributed by atoms with E-state index < -0.39 is 5.91 Å². The van der Waals surface area contributed by atoms with Crippen molar-refractivity contribution in [3.8, 4) is 11.4 Å². The number of hydrogen-bond donors (Lipinski definition) is 2. The highest BCUT2D eigenvalue weighted by Crippen LogP contribution is 2.35. The number of hydrogen-bond acceptors (Lipinski definition) is 7. The van der Waals surface area contributed by atoms with Crippen LogP contribution in [0.5, 0.6) is 0 Å². The molecule has 0 unspecified atom stereocenters. The maximum atomic E-state index is 12.5. The smallest absolute Gasteiger partial charge is 0.237 e. The number of carbonyl (C=O) groups excluding carboxylic acids is 2. The van der Waals surface area contributed by atoms with E-state index in [-0.39, 0.29) is 18.5 Å². The molecule has 0 bridgehead atoms. The molecular weight excluding hydrogens is 488 g/mol. The number of nitrogens with two attached hydrogens (primary N) is 1. The quantitative estimate of drug-likeness (QED) is 0.475. The number of amides is 2. The van der Waals surface area contributed by atoms with Crippen molar-refractivity contribution in [3.63, 3.8) is 0 Å². The number of halogens is 1. The van der Waals surface area contributed by atoms with Crippen LogP contribution in [-0.2, 0) is 27.4 Å². The number of benzene rings is 1. The van der Waals surface area contributed by atoms with E-state index in [1.807, 2.05) is 12.1 Å². The van der Waals surface area contributed by atoms with E-state index in [0.717, 1.165) is 78.5 Å². The van der Waals surface area contributed by atoms with E-state index in [0.29, 0.717) is 18.3 Å². The lowest BCUT2D eigenvalue weighted by Gasteiger charge is -2.23. The zero-order valence-corrected chi connectivity index (χ0v) is 21.0. The highest BCUT2D eigenvalue weighted by Gasteiger charge is 2.31. The first-order chi connectivity index (χ1) is 17.0. The van der Waals surface area contributed by atoms with Crippen LogP contribution >= 0.6 is 23.1 Å². The van der Waals surface area contributed by atoms with Gasteiger partial charge in [-0.2, -0.15) is 4.37 Å². The van der Waals surface area contributed by atoms with Crippen molar-refractivity contribution in [2.45, 2.75) is 44.8 Å². The van der Waals surface area contributed by atoms with Crippen LogP contribution in [0.2, 0.25) is 5.02 Å². The van der Waals surface area contributed by atoms with Gasteiger partial charge in [-0.05, 0) is 55.7 Å². The fraction of sp³-hybridized carbons (Fsp3) is 0.500. The lowest BCUT2D eigenvalue weighted by molar-refractivity contribution is -0.128. The van der Waals surface area contributed by atoms with Gasteiger partial charge in [-0.25, -0.2) is 4.98 Å². The Morgan fingerprint density at radius 2 is 2.09 bits per heavy atom. The number of likely N-dealkylation sites (tertiary alicyclic amines) is 1. The van der Waals surface area contributed by atoms with Crippen LogP contribution < -0.4 is 11.1 Å². The van der Waals surface area contributed by atoms with Gasteiger partial charge in [0.05, 0.1) is 29.7 Å². The monoisotopic (exact) mass is 516 g/mol. The van der Waals surface area contributed by atoms with E-state index in [2.05, 4.69) is 31.4 Å². The normalized spacial score (nSPS) is 19.4. The second-order valence-corrected chi connectivity index (χ2v) is 10.5. The summed E-state index contributed by atoms with van der Waals surface area (Å²) in [6.45, 7) is 3.68. The molecule has 2 fully saturated rings. The first-order valence-corrected chi connectivity index (χ1v) is 13.1. The maximum Gasteiger partial charge on any atom is 0.237 e. The molecule has 35 heavy (non-hydrogen) atoms. The van der Waals surface area contributed by atoms with Crippen molar-refractivity contribution in [2.75, 3.05) is 26.3 Å². The Balaban J connectivity index is 1.36. The van der Waals surface area contributed by atoms with Gasteiger partial charge in [0.1, 0.15) is 5.01 Å². The van der Waals surface area contributed by atoms with Crippen LogP contribution in [0.1, 0.15) is 30.7 Å². The summed E-state index contributed by atoms with van der Waals surface area (Å²) >= 11 is 7.99. The molecule has 2 aromatic heterocycles. The van der Waals surface area contributed by atoms with Gasteiger partial charge in [0.15, 0.2) is 5.82 Å². The molecular formula is C24H29ClN6O3S. The second kappa shape index (κ2) is 10.6. The molecule has 2 amide bonds. The second-order valence-electron chi connectivity index (χ2n) is 9.21. The molecule has 0 saturated carbocycles. The third kappa shape index (κ3) is 5.35. The molecule has 4 heterocycles. The Bertz CT molecular complexity index is 1220. The number of ether oxygens (including phenoxy) is 1. The number of nitrogens with zero attached hydrogens (tertiary/aromatic N) is 4. The molecule has 0 spiro atoms. The number of carbonyl (C=O) groups is 2. The van der Waals surface area contributed by atoms with Crippen molar-refractivity contribution in [2.24, 2.45) is 11.7 Å². The first-order valence-electron chi connectivity index (χ1n) is 12.0. The van der Waals surface area contributed by atoms with E-state index in [1.54, 1.807) is 0 Å². The lowest BCUT2D eigenvalue weighted by Crippen LogP contribution is -2.45.